The maximum Gasteiger partial charge on any atom is 0.219 e. The van der Waals surface area contributed by atoms with E-state index in [-0.39, 0.29) is 5.91 Å². The summed E-state index contributed by atoms with van der Waals surface area (Å²) in [5.41, 5.74) is 2.39. The Hall–Kier alpha value is -1.84. The van der Waals surface area contributed by atoms with Gasteiger partial charge in [-0.3, -0.25) is 4.79 Å². The Balaban J connectivity index is 1.85. The molecule has 0 aliphatic heterocycles. The van der Waals surface area contributed by atoms with Gasteiger partial charge < -0.3 is 9.88 Å². The van der Waals surface area contributed by atoms with Crippen LogP contribution in [0.3, 0.4) is 0 Å². The minimum Gasteiger partial charge on any atom is -0.356 e. The van der Waals surface area contributed by atoms with Crippen molar-refractivity contribution in [1.29, 1.82) is 0 Å². The van der Waals surface area contributed by atoms with E-state index in [1.807, 2.05) is 6.92 Å². The number of imidazole rings is 1. The highest BCUT2D eigenvalue weighted by Crippen LogP contribution is 2.19. The number of fused-ring (bicyclic) bond motifs is 1. The second-order valence-electron chi connectivity index (χ2n) is 7.10. The van der Waals surface area contributed by atoms with Gasteiger partial charge in [-0.25, -0.2) is 4.98 Å². The molecule has 4 heteroatoms. The summed E-state index contributed by atoms with van der Waals surface area (Å²) in [4.78, 5) is 16.1. The van der Waals surface area contributed by atoms with E-state index in [0.717, 1.165) is 44.3 Å². The Morgan fingerprint density at radius 2 is 1.77 bits per heavy atom. The van der Waals surface area contributed by atoms with Crippen LogP contribution in [0.25, 0.3) is 11.0 Å². The number of hydrogen-bond donors (Lipinski definition) is 1. The Labute approximate surface area is 158 Å². The van der Waals surface area contributed by atoms with Crippen molar-refractivity contribution in [3.8, 4) is 0 Å². The second-order valence-corrected chi connectivity index (χ2v) is 7.10. The first kappa shape index (κ1) is 20.5. The van der Waals surface area contributed by atoms with Crippen molar-refractivity contribution in [3.63, 3.8) is 0 Å². The Kier molecular flexibility index (Phi) is 9.22. The van der Waals surface area contributed by atoms with Crippen molar-refractivity contribution in [1.82, 2.24) is 14.9 Å². The fourth-order valence-corrected chi connectivity index (χ4v) is 3.38. The van der Waals surface area contributed by atoms with Crippen LogP contribution in [0, 0.1) is 0 Å². The van der Waals surface area contributed by atoms with Crippen LogP contribution in [0.15, 0.2) is 24.3 Å². The molecule has 0 bridgehead atoms. The van der Waals surface area contributed by atoms with Crippen LogP contribution >= 0.6 is 0 Å². The summed E-state index contributed by atoms with van der Waals surface area (Å²) in [5, 5.41) is 2.95. The molecule has 1 heterocycles. The van der Waals surface area contributed by atoms with Crippen molar-refractivity contribution in [2.75, 3.05) is 6.54 Å². The average Bonchev–Trinajstić information content (AvgIpc) is 3.01. The van der Waals surface area contributed by atoms with E-state index in [1.165, 1.54) is 43.4 Å². The molecule has 0 spiro atoms. The highest BCUT2D eigenvalue weighted by atomic mass is 16.1. The fourth-order valence-electron chi connectivity index (χ4n) is 3.38. The quantitative estimate of drug-likeness (QED) is 0.498. The van der Waals surface area contributed by atoms with Crippen molar-refractivity contribution in [2.45, 2.75) is 84.6 Å². The smallest absolute Gasteiger partial charge is 0.219 e. The van der Waals surface area contributed by atoms with Crippen LogP contribution in [-0.4, -0.2) is 22.0 Å². The fraction of sp³-hybridized carbons (Fsp3) is 0.636. The number of benzene rings is 1. The summed E-state index contributed by atoms with van der Waals surface area (Å²) in [6.07, 6.45) is 11.4. The Morgan fingerprint density at radius 1 is 1.00 bits per heavy atom. The lowest BCUT2D eigenvalue weighted by Gasteiger charge is -2.09. The molecule has 1 aromatic carbocycles. The molecule has 4 nitrogen and oxygen atoms in total. The van der Waals surface area contributed by atoms with Crippen molar-refractivity contribution < 1.29 is 4.79 Å². The predicted molar refractivity (Wildman–Crippen MR) is 109 cm³/mol. The van der Waals surface area contributed by atoms with Gasteiger partial charge in [-0.1, -0.05) is 58.1 Å². The van der Waals surface area contributed by atoms with Crippen molar-refractivity contribution in [2.24, 2.45) is 0 Å². The molecule has 0 aliphatic carbocycles. The molecule has 0 saturated carbocycles. The number of unbranched alkanes of at least 4 members (excludes halogenated alkanes) is 6. The third-order valence-corrected chi connectivity index (χ3v) is 4.94. The van der Waals surface area contributed by atoms with Gasteiger partial charge >= 0.3 is 0 Å². The largest absolute Gasteiger partial charge is 0.356 e. The van der Waals surface area contributed by atoms with E-state index in [0.29, 0.717) is 6.42 Å². The molecule has 0 unspecified atom stereocenters. The third kappa shape index (κ3) is 6.47. The first-order chi connectivity index (χ1) is 12.8. The zero-order chi connectivity index (χ0) is 18.6. The number of aromatic nitrogens is 2. The summed E-state index contributed by atoms with van der Waals surface area (Å²) in [7, 11) is 0. The summed E-state index contributed by atoms with van der Waals surface area (Å²) in [6.45, 7) is 6.02. The number of nitrogens with zero attached hydrogens (tertiary/aromatic N) is 2. The molecular weight excluding hydrogens is 322 g/mol. The lowest BCUT2D eigenvalue weighted by atomic mass is 10.1. The van der Waals surface area contributed by atoms with Crippen LogP contribution in [0.5, 0.6) is 0 Å². The highest BCUT2D eigenvalue weighted by Gasteiger charge is 2.09. The van der Waals surface area contributed by atoms with Gasteiger partial charge in [-0.05, 0) is 31.4 Å². The normalized spacial score (nSPS) is 11.2. The molecule has 2 rings (SSSR count). The van der Waals surface area contributed by atoms with Crippen LogP contribution in [0.1, 0.15) is 77.5 Å². The number of amides is 1. The van der Waals surface area contributed by atoms with E-state index >= 15 is 0 Å². The minimum atomic E-state index is 0.148. The van der Waals surface area contributed by atoms with Gasteiger partial charge in [0.15, 0.2) is 0 Å². The molecule has 0 saturated heterocycles. The van der Waals surface area contributed by atoms with Crippen LogP contribution < -0.4 is 5.32 Å². The molecule has 26 heavy (non-hydrogen) atoms. The third-order valence-electron chi connectivity index (χ3n) is 4.94. The lowest BCUT2D eigenvalue weighted by Crippen LogP contribution is -2.23. The SMILES string of the molecule is CCCCCCCn1c(CCCCCNC(=O)CC)nc2ccccc21. The van der Waals surface area contributed by atoms with Gasteiger partial charge in [0, 0.05) is 25.9 Å². The molecule has 0 fully saturated rings. The minimum absolute atomic E-state index is 0.148. The number of hydrogen-bond acceptors (Lipinski definition) is 2. The highest BCUT2D eigenvalue weighted by molar-refractivity contribution is 5.76. The maximum atomic E-state index is 11.3. The van der Waals surface area contributed by atoms with E-state index < -0.39 is 0 Å². The van der Waals surface area contributed by atoms with Crippen LogP contribution in [0.2, 0.25) is 0 Å². The monoisotopic (exact) mass is 357 g/mol. The van der Waals surface area contributed by atoms with Gasteiger partial charge in [0.25, 0.3) is 0 Å². The number of rotatable bonds is 13. The molecule has 1 amide bonds. The average molecular weight is 358 g/mol. The van der Waals surface area contributed by atoms with Gasteiger partial charge in [0.2, 0.25) is 5.91 Å². The van der Waals surface area contributed by atoms with E-state index in [1.54, 1.807) is 0 Å². The standard InChI is InChI=1S/C22H35N3O/c1-3-5-6-7-13-18-25-20-15-11-10-14-19(20)24-21(25)16-9-8-12-17-23-22(26)4-2/h10-11,14-15H,3-9,12-13,16-18H2,1-2H3,(H,23,26). The first-order valence-electron chi connectivity index (χ1n) is 10.5. The number of aryl methyl sites for hydroxylation is 2. The zero-order valence-corrected chi connectivity index (χ0v) is 16.6. The Bertz CT molecular complexity index is 662. The van der Waals surface area contributed by atoms with Gasteiger partial charge in [0.1, 0.15) is 5.82 Å². The Morgan fingerprint density at radius 3 is 2.58 bits per heavy atom. The molecular formula is C22H35N3O. The predicted octanol–water partition coefficient (Wildman–Crippen LogP) is 5.25. The molecule has 0 aliphatic rings. The molecule has 0 atom stereocenters. The second kappa shape index (κ2) is 11.7. The van der Waals surface area contributed by atoms with Gasteiger partial charge in [-0.15, -0.1) is 0 Å². The number of para-hydroxylation sites is 2. The van der Waals surface area contributed by atoms with Crippen molar-refractivity contribution in [3.05, 3.63) is 30.1 Å². The van der Waals surface area contributed by atoms with Crippen molar-refractivity contribution >= 4 is 16.9 Å². The van der Waals surface area contributed by atoms with Gasteiger partial charge in [-0.2, -0.15) is 0 Å². The molecule has 0 radical (unpaired) electrons. The molecule has 1 N–H and O–H groups in total. The first-order valence-corrected chi connectivity index (χ1v) is 10.5. The number of carbonyl (C=O) groups is 1. The summed E-state index contributed by atoms with van der Waals surface area (Å²) >= 11 is 0. The summed E-state index contributed by atoms with van der Waals surface area (Å²) < 4.78 is 2.43. The maximum absolute atomic E-state index is 11.3. The number of nitrogens with one attached hydrogen (secondary N) is 1. The summed E-state index contributed by atoms with van der Waals surface area (Å²) in [5.74, 6) is 1.37. The summed E-state index contributed by atoms with van der Waals surface area (Å²) in [6, 6.07) is 8.49. The molecule has 1 aromatic heterocycles. The molecule has 2 aromatic rings. The lowest BCUT2D eigenvalue weighted by molar-refractivity contribution is -0.120. The molecule has 144 valence electrons. The van der Waals surface area contributed by atoms with Gasteiger partial charge in [0.05, 0.1) is 11.0 Å². The topological polar surface area (TPSA) is 46.9 Å². The van der Waals surface area contributed by atoms with E-state index in [9.17, 15) is 4.79 Å². The van der Waals surface area contributed by atoms with Crippen LogP contribution in [-0.2, 0) is 17.8 Å². The van der Waals surface area contributed by atoms with Crippen LogP contribution in [0.4, 0.5) is 0 Å². The van der Waals surface area contributed by atoms with E-state index in [2.05, 4.69) is 41.1 Å². The zero-order valence-electron chi connectivity index (χ0n) is 16.6. The number of carbonyl (C=O) groups excluding carboxylic acids is 1. The van der Waals surface area contributed by atoms with E-state index in [4.69, 9.17) is 4.98 Å².